The summed E-state index contributed by atoms with van der Waals surface area (Å²) in [6.45, 7) is 7.42. The zero-order chi connectivity index (χ0) is 17.2. The van der Waals surface area contributed by atoms with E-state index in [4.69, 9.17) is 9.73 Å². The van der Waals surface area contributed by atoms with E-state index in [2.05, 4.69) is 17.6 Å². The van der Waals surface area contributed by atoms with Gasteiger partial charge < -0.3 is 15.4 Å². The van der Waals surface area contributed by atoms with Gasteiger partial charge in [-0.25, -0.2) is 4.39 Å². The molecule has 132 valence electrons. The van der Waals surface area contributed by atoms with Gasteiger partial charge in [-0.3, -0.25) is 4.99 Å². The smallest absolute Gasteiger partial charge is 0.191 e. The molecule has 4 nitrogen and oxygen atoms in total. The Bertz CT molecular complexity index is 602. The molecule has 5 heteroatoms. The number of aliphatic imine (C=N–C) groups is 1. The number of fused-ring (bicyclic) bond motifs is 2. The molecule has 3 unspecified atom stereocenters. The molecule has 2 aliphatic heterocycles. The van der Waals surface area contributed by atoms with Crippen LogP contribution in [-0.2, 0) is 10.2 Å². The molecule has 2 N–H and O–H groups in total. The van der Waals surface area contributed by atoms with Crippen molar-refractivity contribution in [3.05, 3.63) is 35.6 Å². The largest absolute Gasteiger partial charge is 0.373 e. The van der Waals surface area contributed by atoms with Gasteiger partial charge in [-0.2, -0.15) is 0 Å². The normalized spacial score (nSPS) is 26.7. The molecule has 24 heavy (non-hydrogen) atoms. The van der Waals surface area contributed by atoms with Crippen LogP contribution in [0, 0.1) is 5.82 Å². The highest BCUT2D eigenvalue weighted by Crippen LogP contribution is 2.34. The van der Waals surface area contributed by atoms with E-state index in [0.717, 1.165) is 25.3 Å². The summed E-state index contributed by atoms with van der Waals surface area (Å²) in [7, 11) is 0. The number of halogens is 1. The highest BCUT2D eigenvalue weighted by atomic mass is 19.1. The predicted molar refractivity (Wildman–Crippen MR) is 94.8 cm³/mol. The van der Waals surface area contributed by atoms with Gasteiger partial charge in [-0.15, -0.1) is 0 Å². The fraction of sp³-hybridized carbons (Fsp3) is 0.632. The van der Waals surface area contributed by atoms with Crippen molar-refractivity contribution in [3.63, 3.8) is 0 Å². The Labute approximate surface area is 143 Å². The lowest BCUT2D eigenvalue weighted by Gasteiger charge is -2.26. The maximum atomic E-state index is 14.1. The lowest BCUT2D eigenvalue weighted by atomic mass is 9.84. The molecule has 3 atom stereocenters. The van der Waals surface area contributed by atoms with Crippen molar-refractivity contribution in [2.45, 2.75) is 63.7 Å². The minimum atomic E-state index is -0.362. The molecular weight excluding hydrogens is 305 g/mol. The van der Waals surface area contributed by atoms with Crippen molar-refractivity contribution < 1.29 is 9.13 Å². The van der Waals surface area contributed by atoms with Crippen LogP contribution in [0.2, 0.25) is 0 Å². The van der Waals surface area contributed by atoms with Gasteiger partial charge in [0.25, 0.3) is 0 Å². The Hall–Kier alpha value is -1.62. The first-order valence-electron chi connectivity index (χ1n) is 8.95. The van der Waals surface area contributed by atoms with Crippen molar-refractivity contribution in [2.24, 2.45) is 4.99 Å². The fourth-order valence-corrected chi connectivity index (χ4v) is 3.66. The van der Waals surface area contributed by atoms with Crippen molar-refractivity contribution in [1.82, 2.24) is 10.6 Å². The molecule has 0 amide bonds. The topological polar surface area (TPSA) is 45.7 Å². The lowest BCUT2D eigenvalue weighted by Crippen LogP contribution is -2.47. The summed E-state index contributed by atoms with van der Waals surface area (Å²) in [5.74, 6) is 0.625. The number of guanidine groups is 1. The monoisotopic (exact) mass is 333 g/mol. The molecule has 2 fully saturated rings. The van der Waals surface area contributed by atoms with E-state index < -0.39 is 0 Å². The van der Waals surface area contributed by atoms with E-state index in [9.17, 15) is 4.39 Å². The van der Waals surface area contributed by atoms with Gasteiger partial charge in [0.1, 0.15) is 5.82 Å². The quantitative estimate of drug-likeness (QED) is 0.643. The molecule has 2 heterocycles. The summed E-state index contributed by atoms with van der Waals surface area (Å²) < 4.78 is 20.0. The molecule has 2 aliphatic rings. The summed E-state index contributed by atoms with van der Waals surface area (Å²) >= 11 is 0. The molecule has 0 saturated carbocycles. The van der Waals surface area contributed by atoms with Gasteiger partial charge in [0.05, 0.1) is 24.8 Å². The summed E-state index contributed by atoms with van der Waals surface area (Å²) in [5, 5.41) is 6.80. The van der Waals surface area contributed by atoms with Gasteiger partial charge in [0.15, 0.2) is 5.96 Å². The van der Waals surface area contributed by atoms with Crippen LogP contribution in [0.15, 0.2) is 29.3 Å². The molecule has 0 radical (unpaired) electrons. The van der Waals surface area contributed by atoms with E-state index in [-0.39, 0.29) is 11.2 Å². The second kappa shape index (κ2) is 7.09. The van der Waals surface area contributed by atoms with Crippen LogP contribution >= 0.6 is 0 Å². The highest BCUT2D eigenvalue weighted by Gasteiger charge is 2.41. The fourth-order valence-electron chi connectivity index (χ4n) is 3.66. The summed E-state index contributed by atoms with van der Waals surface area (Å²) in [4.78, 5) is 4.72. The van der Waals surface area contributed by atoms with E-state index in [1.165, 1.54) is 12.5 Å². The van der Waals surface area contributed by atoms with Crippen LogP contribution in [0.3, 0.4) is 0 Å². The first-order chi connectivity index (χ1) is 11.5. The predicted octanol–water partition coefficient (Wildman–Crippen LogP) is 2.98. The average molecular weight is 333 g/mol. The zero-order valence-corrected chi connectivity index (χ0v) is 14.8. The molecule has 3 rings (SSSR count). The number of nitrogens with one attached hydrogen (secondary N) is 2. The Kier molecular flexibility index (Phi) is 5.09. The third-order valence-corrected chi connectivity index (χ3v) is 5.01. The molecule has 0 aliphatic carbocycles. The summed E-state index contributed by atoms with van der Waals surface area (Å²) in [6.07, 6.45) is 4.06. The first kappa shape index (κ1) is 17.2. The maximum Gasteiger partial charge on any atom is 0.191 e. The number of nitrogens with zero attached hydrogens (tertiary/aromatic N) is 1. The SMILES string of the molecule is CCNC(=NCC(C)(C)c1ccccc1F)NC1CC2CCC1O2. The van der Waals surface area contributed by atoms with E-state index in [1.807, 2.05) is 26.0 Å². The highest BCUT2D eigenvalue weighted by molar-refractivity contribution is 5.80. The van der Waals surface area contributed by atoms with Crippen LogP contribution in [0.5, 0.6) is 0 Å². The van der Waals surface area contributed by atoms with E-state index in [0.29, 0.717) is 30.4 Å². The third kappa shape index (κ3) is 3.72. The number of benzene rings is 1. The second-order valence-electron chi connectivity index (χ2n) is 7.42. The van der Waals surface area contributed by atoms with Crippen LogP contribution in [0.25, 0.3) is 0 Å². The second-order valence-corrected chi connectivity index (χ2v) is 7.42. The van der Waals surface area contributed by atoms with Crippen molar-refractivity contribution >= 4 is 5.96 Å². The van der Waals surface area contributed by atoms with Gasteiger partial charge in [0, 0.05) is 12.0 Å². The van der Waals surface area contributed by atoms with Gasteiger partial charge >= 0.3 is 0 Å². The van der Waals surface area contributed by atoms with E-state index in [1.54, 1.807) is 6.07 Å². The summed E-state index contributed by atoms with van der Waals surface area (Å²) in [5.41, 5.74) is 0.339. The number of rotatable bonds is 5. The standard InChI is InChI=1S/C19H28FN3O/c1-4-21-18(23-16-11-13-9-10-17(16)24-13)22-12-19(2,3)14-7-5-6-8-15(14)20/h5-8,13,16-17H,4,9-12H2,1-3H3,(H2,21,22,23). The molecule has 2 saturated heterocycles. The average Bonchev–Trinajstić information content (AvgIpc) is 3.16. The Morgan fingerprint density at radius 2 is 2.12 bits per heavy atom. The molecular formula is C19H28FN3O. The maximum absolute atomic E-state index is 14.1. The number of hydrogen-bond acceptors (Lipinski definition) is 2. The van der Waals surface area contributed by atoms with Crippen LogP contribution in [0.4, 0.5) is 4.39 Å². The molecule has 1 aromatic carbocycles. The first-order valence-corrected chi connectivity index (χ1v) is 8.95. The van der Waals surface area contributed by atoms with Crippen molar-refractivity contribution in [1.29, 1.82) is 0 Å². The number of hydrogen-bond donors (Lipinski definition) is 2. The van der Waals surface area contributed by atoms with Crippen molar-refractivity contribution in [2.75, 3.05) is 13.1 Å². The molecule has 2 bridgehead atoms. The third-order valence-electron chi connectivity index (χ3n) is 5.01. The number of ether oxygens (including phenoxy) is 1. The van der Waals surface area contributed by atoms with Crippen LogP contribution in [0.1, 0.15) is 45.6 Å². The van der Waals surface area contributed by atoms with E-state index >= 15 is 0 Å². The zero-order valence-electron chi connectivity index (χ0n) is 14.8. The Morgan fingerprint density at radius 3 is 2.75 bits per heavy atom. The van der Waals surface area contributed by atoms with Crippen molar-refractivity contribution in [3.8, 4) is 0 Å². The Balaban J connectivity index is 1.68. The van der Waals surface area contributed by atoms with Crippen LogP contribution in [-0.4, -0.2) is 37.3 Å². The van der Waals surface area contributed by atoms with Crippen LogP contribution < -0.4 is 10.6 Å². The molecule has 0 spiro atoms. The molecule has 0 aromatic heterocycles. The minimum absolute atomic E-state index is 0.169. The summed E-state index contributed by atoms with van der Waals surface area (Å²) in [6, 6.07) is 7.28. The minimum Gasteiger partial charge on any atom is -0.373 e. The van der Waals surface area contributed by atoms with Gasteiger partial charge in [-0.05, 0) is 37.8 Å². The van der Waals surface area contributed by atoms with Gasteiger partial charge in [0.2, 0.25) is 0 Å². The van der Waals surface area contributed by atoms with Gasteiger partial charge in [-0.1, -0.05) is 32.0 Å². The molecule has 1 aromatic rings. The Morgan fingerprint density at radius 1 is 1.33 bits per heavy atom. The lowest BCUT2D eigenvalue weighted by molar-refractivity contribution is 0.0992.